The summed E-state index contributed by atoms with van der Waals surface area (Å²) in [5, 5.41) is 11.8. The van der Waals surface area contributed by atoms with E-state index in [2.05, 4.69) is 38.7 Å². The number of rotatable bonds is 15. The van der Waals surface area contributed by atoms with Gasteiger partial charge in [0.25, 0.3) is 0 Å². The largest absolute Gasteiger partial charge is 0.385 e. The van der Waals surface area contributed by atoms with Gasteiger partial charge in [-0.3, -0.25) is 4.98 Å². The first-order valence-corrected chi connectivity index (χ1v) is 11.2. The molecule has 2 atom stereocenters. The molecule has 1 aromatic heterocycles. The fourth-order valence-corrected chi connectivity index (χ4v) is 4.20. The minimum Gasteiger partial charge on any atom is -0.385 e. The number of hydrogen-bond donors (Lipinski definition) is 1. The average Bonchev–Trinajstić information content (AvgIpc) is 2.67. The second-order valence-corrected chi connectivity index (χ2v) is 8.27. The van der Waals surface area contributed by atoms with Gasteiger partial charge in [-0.25, -0.2) is 0 Å². The minimum absolute atomic E-state index is 0.263. The van der Waals surface area contributed by atoms with E-state index in [0.29, 0.717) is 0 Å². The normalized spacial score (nSPS) is 16.2. The fourth-order valence-electron chi connectivity index (χ4n) is 4.20. The molecule has 0 amide bonds. The van der Waals surface area contributed by atoms with E-state index in [0.717, 1.165) is 18.4 Å². The smallest absolute Gasteiger partial charge is 0.0962 e. The zero-order valence-electron chi connectivity index (χ0n) is 17.8. The molecule has 0 bridgehead atoms. The summed E-state index contributed by atoms with van der Waals surface area (Å²) in [7, 11) is 0. The van der Waals surface area contributed by atoms with Crippen LogP contribution in [0.5, 0.6) is 0 Å². The maximum Gasteiger partial charge on any atom is 0.0962 e. The minimum atomic E-state index is -0.760. The molecule has 26 heavy (non-hydrogen) atoms. The van der Waals surface area contributed by atoms with Crippen LogP contribution in [0.4, 0.5) is 0 Å². The molecule has 2 heteroatoms. The van der Waals surface area contributed by atoms with Crippen molar-refractivity contribution in [1.29, 1.82) is 0 Å². The Kier molecular flexibility index (Phi) is 11.8. The topological polar surface area (TPSA) is 33.1 Å². The Bertz CT molecular complexity index is 425. The second kappa shape index (κ2) is 13.3. The molecule has 2 nitrogen and oxygen atoms in total. The molecule has 0 aliphatic rings. The van der Waals surface area contributed by atoms with Crippen LogP contribution in [0.2, 0.25) is 0 Å². The van der Waals surface area contributed by atoms with E-state index in [4.69, 9.17) is 0 Å². The number of pyridine rings is 1. The van der Waals surface area contributed by atoms with Gasteiger partial charge in [-0.1, -0.05) is 98.0 Å². The van der Waals surface area contributed by atoms with Crippen molar-refractivity contribution in [1.82, 2.24) is 4.98 Å². The quantitative estimate of drug-likeness (QED) is 0.333. The number of nitrogens with zero attached hydrogens (tertiary/aromatic N) is 1. The molecular weight excluding hydrogens is 318 g/mol. The molecule has 2 unspecified atom stereocenters. The summed E-state index contributed by atoms with van der Waals surface area (Å²) < 4.78 is 0. The fraction of sp³-hybridized carbons (Fsp3) is 0.792. The van der Waals surface area contributed by atoms with Gasteiger partial charge in [0.2, 0.25) is 0 Å². The summed E-state index contributed by atoms with van der Waals surface area (Å²) in [4.78, 5) is 4.30. The highest BCUT2D eigenvalue weighted by atomic mass is 16.3. The van der Waals surface area contributed by atoms with E-state index in [1.165, 1.54) is 64.2 Å². The van der Waals surface area contributed by atoms with E-state index in [1.807, 2.05) is 12.3 Å². The summed E-state index contributed by atoms with van der Waals surface area (Å²) >= 11 is 0. The zero-order chi connectivity index (χ0) is 19.3. The van der Waals surface area contributed by atoms with Crippen molar-refractivity contribution >= 4 is 0 Å². The number of hydrogen-bond acceptors (Lipinski definition) is 2. The first-order valence-electron chi connectivity index (χ1n) is 11.2. The third-order valence-electron chi connectivity index (χ3n) is 6.11. The van der Waals surface area contributed by atoms with E-state index >= 15 is 0 Å². The van der Waals surface area contributed by atoms with E-state index < -0.39 is 5.60 Å². The molecule has 1 heterocycles. The highest BCUT2D eigenvalue weighted by Gasteiger charge is 2.40. The Balaban J connectivity index is 2.70. The molecule has 0 radical (unpaired) electrons. The first kappa shape index (κ1) is 23.1. The Hall–Kier alpha value is -0.890. The Labute approximate surface area is 162 Å². The maximum atomic E-state index is 11.8. The van der Waals surface area contributed by atoms with Crippen molar-refractivity contribution < 1.29 is 5.11 Å². The zero-order valence-corrected chi connectivity index (χ0v) is 17.8. The predicted octanol–water partition coefficient (Wildman–Crippen LogP) is 7.26. The SMILES string of the molecule is CCCCCCCC(C)C(O)(c1cccnc1)C(C)CCCCCCC. The van der Waals surface area contributed by atoms with Gasteiger partial charge in [0.05, 0.1) is 5.60 Å². The van der Waals surface area contributed by atoms with Gasteiger partial charge in [0.1, 0.15) is 0 Å². The molecule has 0 spiro atoms. The number of aliphatic hydroxyl groups is 1. The first-order chi connectivity index (χ1) is 12.6. The number of unbranched alkanes of at least 4 members (excludes halogenated alkanes) is 8. The lowest BCUT2D eigenvalue weighted by Crippen LogP contribution is -2.40. The summed E-state index contributed by atoms with van der Waals surface area (Å²) in [5.74, 6) is 0.526. The van der Waals surface area contributed by atoms with Crippen LogP contribution in [0.15, 0.2) is 24.5 Å². The van der Waals surface area contributed by atoms with Crippen LogP contribution in [0.1, 0.15) is 110 Å². The van der Waals surface area contributed by atoms with Gasteiger partial charge >= 0.3 is 0 Å². The molecule has 0 aromatic carbocycles. The van der Waals surface area contributed by atoms with Gasteiger partial charge in [0.15, 0.2) is 0 Å². The van der Waals surface area contributed by atoms with Crippen molar-refractivity contribution in [2.75, 3.05) is 0 Å². The van der Waals surface area contributed by atoms with Gasteiger partial charge in [-0.05, 0) is 30.7 Å². The van der Waals surface area contributed by atoms with Crippen LogP contribution in [-0.2, 0) is 5.60 Å². The van der Waals surface area contributed by atoms with Crippen LogP contribution in [0, 0.1) is 11.8 Å². The lowest BCUT2D eigenvalue weighted by Gasteiger charge is -2.40. The summed E-state index contributed by atoms with van der Waals surface area (Å²) in [6, 6.07) is 4.02. The Morgan fingerprint density at radius 2 is 1.35 bits per heavy atom. The van der Waals surface area contributed by atoms with Crippen LogP contribution in [0.3, 0.4) is 0 Å². The highest BCUT2D eigenvalue weighted by Crippen LogP contribution is 2.41. The summed E-state index contributed by atoms with van der Waals surface area (Å²) in [6.07, 6.45) is 18.7. The predicted molar refractivity (Wildman–Crippen MR) is 113 cm³/mol. The molecule has 150 valence electrons. The molecule has 1 aromatic rings. The average molecular weight is 362 g/mol. The van der Waals surface area contributed by atoms with Gasteiger partial charge in [-0.2, -0.15) is 0 Å². The van der Waals surface area contributed by atoms with Crippen molar-refractivity contribution in [2.45, 2.75) is 110 Å². The van der Waals surface area contributed by atoms with Crippen LogP contribution >= 0.6 is 0 Å². The van der Waals surface area contributed by atoms with Crippen molar-refractivity contribution in [3.8, 4) is 0 Å². The monoisotopic (exact) mass is 361 g/mol. The van der Waals surface area contributed by atoms with Gasteiger partial charge in [0, 0.05) is 18.0 Å². The second-order valence-electron chi connectivity index (χ2n) is 8.27. The third-order valence-corrected chi connectivity index (χ3v) is 6.11. The van der Waals surface area contributed by atoms with Crippen molar-refractivity contribution in [3.05, 3.63) is 30.1 Å². The number of aromatic nitrogens is 1. The molecule has 0 aliphatic heterocycles. The molecular formula is C24H43NO. The van der Waals surface area contributed by atoms with Crippen LogP contribution in [0.25, 0.3) is 0 Å². The summed E-state index contributed by atoms with van der Waals surface area (Å²) in [5.41, 5.74) is 0.242. The lowest BCUT2D eigenvalue weighted by atomic mass is 9.70. The molecule has 0 fully saturated rings. The molecule has 1 N–H and O–H groups in total. The molecule has 0 saturated carbocycles. The van der Waals surface area contributed by atoms with Crippen molar-refractivity contribution in [2.24, 2.45) is 11.8 Å². The van der Waals surface area contributed by atoms with Crippen molar-refractivity contribution in [3.63, 3.8) is 0 Å². The summed E-state index contributed by atoms with van der Waals surface area (Å²) in [6.45, 7) is 8.98. The Morgan fingerprint density at radius 3 is 1.77 bits per heavy atom. The lowest BCUT2D eigenvalue weighted by molar-refractivity contribution is -0.0722. The van der Waals surface area contributed by atoms with Crippen LogP contribution < -0.4 is 0 Å². The standard InChI is InChI=1S/C24H43NO/c1-5-7-9-11-13-16-21(3)24(26,23-18-15-19-25-20-23)22(4)17-14-12-10-8-6-2/h15,18-22,26H,5-14,16-17H2,1-4H3. The van der Waals surface area contributed by atoms with Crippen LogP contribution in [-0.4, -0.2) is 10.1 Å². The maximum absolute atomic E-state index is 11.8. The molecule has 0 aliphatic carbocycles. The van der Waals surface area contributed by atoms with Gasteiger partial charge < -0.3 is 5.11 Å². The van der Waals surface area contributed by atoms with E-state index in [1.54, 1.807) is 6.20 Å². The highest BCUT2D eigenvalue weighted by molar-refractivity contribution is 5.20. The molecule has 0 saturated heterocycles. The van der Waals surface area contributed by atoms with E-state index in [9.17, 15) is 5.11 Å². The molecule has 1 rings (SSSR count). The Morgan fingerprint density at radius 1 is 0.846 bits per heavy atom. The van der Waals surface area contributed by atoms with E-state index in [-0.39, 0.29) is 11.8 Å². The van der Waals surface area contributed by atoms with Gasteiger partial charge in [-0.15, -0.1) is 0 Å². The third kappa shape index (κ3) is 7.39.